The second-order valence-corrected chi connectivity index (χ2v) is 6.65. The Morgan fingerprint density at radius 3 is 2.59 bits per heavy atom. The van der Waals surface area contributed by atoms with Gasteiger partial charge >= 0.3 is 0 Å². The molecule has 2 amide bonds. The Morgan fingerprint density at radius 1 is 1.09 bits per heavy atom. The summed E-state index contributed by atoms with van der Waals surface area (Å²) in [6.45, 7) is 1.93. The van der Waals surface area contributed by atoms with Crippen molar-refractivity contribution in [3.63, 3.8) is 0 Å². The molecule has 5 heteroatoms. The van der Waals surface area contributed by atoms with Crippen molar-refractivity contribution in [1.82, 2.24) is 4.90 Å². The highest BCUT2D eigenvalue weighted by Crippen LogP contribution is 2.35. The van der Waals surface area contributed by atoms with Crippen LogP contribution in [0.2, 0.25) is 0 Å². The molecule has 4 rings (SSSR count). The first kappa shape index (κ1) is 13.5. The van der Waals surface area contributed by atoms with E-state index in [2.05, 4.69) is 0 Å². The van der Waals surface area contributed by atoms with Crippen LogP contribution < -0.4 is 4.90 Å². The van der Waals surface area contributed by atoms with E-state index in [0.29, 0.717) is 19.6 Å². The first-order valence-electron chi connectivity index (χ1n) is 7.42. The summed E-state index contributed by atoms with van der Waals surface area (Å²) in [7, 11) is 0. The van der Waals surface area contributed by atoms with Gasteiger partial charge in [0.1, 0.15) is 0 Å². The summed E-state index contributed by atoms with van der Waals surface area (Å²) in [6.07, 6.45) is 0. The molecule has 2 atom stereocenters. The summed E-state index contributed by atoms with van der Waals surface area (Å²) < 4.78 is 0. The third kappa shape index (κ3) is 2.13. The van der Waals surface area contributed by atoms with E-state index in [0.717, 1.165) is 11.3 Å². The number of nitrogens with zero attached hydrogens (tertiary/aromatic N) is 2. The van der Waals surface area contributed by atoms with Gasteiger partial charge < -0.3 is 9.80 Å². The minimum absolute atomic E-state index is 0.0507. The lowest BCUT2D eigenvalue weighted by atomic mass is 10.0. The van der Waals surface area contributed by atoms with Crippen molar-refractivity contribution < 1.29 is 9.59 Å². The second-order valence-electron chi connectivity index (χ2n) is 5.87. The topological polar surface area (TPSA) is 40.6 Å². The van der Waals surface area contributed by atoms with Crippen LogP contribution in [0.25, 0.3) is 0 Å². The average Bonchev–Trinajstić information content (AvgIpc) is 3.25. The smallest absolute Gasteiger partial charge is 0.254 e. The highest BCUT2D eigenvalue weighted by atomic mass is 32.1. The van der Waals surface area contributed by atoms with E-state index in [1.54, 1.807) is 0 Å². The number of fused-ring (bicyclic) bond motifs is 1. The third-order valence-corrected chi connectivity index (χ3v) is 5.25. The van der Waals surface area contributed by atoms with Gasteiger partial charge in [0.25, 0.3) is 5.91 Å². The molecule has 1 aromatic heterocycles. The number of rotatable bonds is 2. The van der Waals surface area contributed by atoms with E-state index in [1.165, 1.54) is 11.3 Å². The molecule has 1 aromatic carbocycles. The van der Waals surface area contributed by atoms with E-state index in [9.17, 15) is 9.59 Å². The van der Waals surface area contributed by atoms with Gasteiger partial charge in [0.15, 0.2) is 0 Å². The minimum atomic E-state index is -0.0530. The van der Waals surface area contributed by atoms with Crippen molar-refractivity contribution in [3.8, 4) is 0 Å². The van der Waals surface area contributed by atoms with Gasteiger partial charge in [-0.15, -0.1) is 0 Å². The van der Waals surface area contributed by atoms with Crippen LogP contribution in [0.5, 0.6) is 0 Å². The number of carbonyl (C=O) groups is 2. The minimum Gasteiger partial charge on any atom is -0.337 e. The number of para-hydroxylation sites is 1. The molecule has 2 aromatic rings. The monoisotopic (exact) mass is 312 g/mol. The Morgan fingerprint density at radius 2 is 1.91 bits per heavy atom. The van der Waals surface area contributed by atoms with Gasteiger partial charge in [-0.3, -0.25) is 9.59 Å². The lowest BCUT2D eigenvalue weighted by Gasteiger charge is -2.21. The molecular formula is C17H16N2O2S. The van der Waals surface area contributed by atoms with Crippen LogP contribution in [0.15, 0.2) is 47.2 Å². The molecule has 2 saturated heterocycles. The maximum Gasteiger partial charge on any atom is 0.254 e. The largest absolute Gasteiger partial charge is 0.337 e. The zero-order chi connectivity index (χ0) is 15.1. The number of carbonyl (C=O) groups excluding carboxylic acids is 2. The number of amides is 2. The Labute approximate surface area is 133 Å². The van der Waals surface area contributed by atoms with Gasteiger partial charge in [0.05, 0.1) is 11.5 Å². The van der Waals surface area contributed by atoms with E-state index in [1.807, 2.05) is 57.0 Å². The van der Waals surface area contributed by atoms with E-state index >= 15 is 0 Å². The fourth-order valence-electron chi connectivity index (χ4n) is 3.44. The summed E-state index contributed by atoms with van der Waals surface area (Å²) in [4.78, 5) is 28.7. The molecule has 112 valence electrons. The Kier molecular flexibility index (Phi) is 3.22. The Balaban J connectivity index is 1.50. The van der Waals surface area contributed by atoms with Crippen LogP contribution in [0.4, 0.5) is 5.69 Å². The highest BCUT2D eigenvalue weighted by Gasteiger charge is 2.47. The van der Waals surface area contributed by atoms with Gasteiger partial charge in [0.2, 0.25) is 5.91 Å². The van der Waals surface area contributed by atoms with Crippen molar-refractivity contribution in [3.05, 3.63) is 52.7 Å². The molecule has 0 N–H and O–H groups in total. The predicted octanol–water partition coefficient (Wildman–Crippen LogP) is 2.48. The van der Waals surface area contributed by atoms with Gasteiger partial charge in [0, 0.05) is 36.6 Å². The molecule has 0 bridgehead atoms. The molecule has 4 nitrogen and oxygen atoms in total. The van der Waals surface area contributed by atoms with E-state index in [-0.39, 0.29) is 23.7 Å². The summed E-state index contributed by atoms with van der Waals surface area (Å²) in [5.41, 5.74) is 1.69. The van der Waals surface area contributed by atoms with E-state index in [4.69, 9.17) is 0 Å². The van der Waals surface area contributed by atoms with Crippen molar-refractivity contribution in [1.29, 1.82) is 0 Å². The standard InChI is InChI=1S/C17H16N2O2S/c20-16(12-6-7-22-11-12)18-8-13-9-19(17(21)15(13)10-18)14-4-2-1-3-5-14/h1-7,11,13,15H,8-10H2. The molecule has 2 aliphatic heterocycles. The highest BCUT2D eigenvalue weighted by molar-refractivity contribution is 7.08. The zero-order valence-electron chi connectivity index (χ0n) is 12.0. The molecule has 0 radical (unpaired) electrons. The molecule has 3 heterocycles. The van der Waals surface area contributed by atoms with Gasteiger partial charge in [-0.05, 0) is 23.6 Å². The molecule has 2 aliphatic rings. The Hall–Kier alpha value is -2.14. The fourth-order valence-corrected chi connectivity index (χ4v) is 4.07. The summed E-state index contributed by atoms with van der Waals surface area (Å²) in [6, 6.07) is 11.6. The molecule has 0 spiro atoms. The van der Waals surface area contributed by atoms with Crippen LogP contribution in [-0.4, -0.2) is 36.3 Å². The summed E-state index contributed by atoms with van der Waals surface area (Å²) in [5.74, 6) is 0.393. The first-order valence-corrected chi connectivity index (χ1v) is 8.36. The van der Waals surface area contributed by atoms with Gasteiger partial charge in [-0.2, -0.15) is 11.3 Å². The summed E-state index contributed by atoms with van der Waals surface area (Å²) in [5, 5.41) is 3.78. The number of hydrogen-bond donors (Lipinski definition) is 0. The lowest BCUT2D eigenvalue weighted by Crippen LogP contribution is -2.35. The average molecular weight is 312 g/mol. The van der Waals surface area contributed by atoms with Crippen LogP contribution in [0, 0.1) is 11.8 Å². The van der Waals surface area contributed by atoms with Crippen LogP contribution in [-0.2, 0) is 4.79 Å². The van der Waals surface area contributed by atoms with Crippen LogP contribution >= 0.6 is 11.3 Å². The number of benzene rings is 1. The first-order chi connectivity index (χ1) is 10.7. The van der Waals surface area contributed by atoms with Crippen molar-refractivity contribution >= 4 is 28.8 Å². The molecule has 2 unspecified atom stereocenters. The molecule has 22 heavy (non-hydrogen) atoms. The van der Waals surface area contributed by atoms with Crippen LogP contribution in [0.3, 0.4) is 0 Å². The Bertz CT molecular complexity index is 699. The van der Waals surface area contributed by atoms with Gasteiger partial charge in [-0.1, -0.05) is 18.2 Å². The number of anilines is 1. The molecule has 0 saturated carbocycles. The second kappa shape index (κ2) is 5.25. The van der Waals surface area contributed by atoms with Crippen molar-refractivity contribution in [2.24, 2.45) is 11.8 Å². The van der Waals surface area contributed by atoms with Crippen molar-refractivity contribution in [2.75, 3.05) is 24.5 Å². The van der Waals surface area contributed by atoms with Crippen molar-refractivity contribution in [2.45, 2.75) is 0 Å². The molecule has 0 aliphatic carbocycles. The number of likely N-dealkylation sites (tertiary alicyclic amines) is 1. The zero-order valence-corrected chi connectivity index (χ0v) is 12.8. The maximum atomic E-state index is 12.6. The summed E-state index contributed by atoms with van der Waals surface area (Å²) >= 11 is 1.52. The fraction of sp³-hybridized carbons (Fsp3) is 0.294. The van der Waals surface area contributed by atoms with E-state index < -0.39 is 0 Å². The SMILES string of the molecule is O=C(c1ccsc1)N1CC2CN(c3ccccc3)C(=O)C2C1. The lowest BCUT2D eigenvalue weighted by molar-refractivity contribution is -0.120. The van der Waals surface area contributed by atoms with Crippen LogP contribution in [0.1, 0.15) is 10.4 Å². The number of thiophene rings is 1. The normalized spacial score (nSPS) is 23.9. The number of hydrogen-bond acceptors (Lipinski definition) is 3. The van der Waals surface area contributed by atoms with Gasteiger partial charge in [-0.25, -0.2) is 0 Å². The quantitative estimate of drug-likeness (QED) is 0.855. The maximum absolute atomic E-state index is 12.6. The predicted molar refractivity (Wildman–Crippen MR) is 86.0 cm³/mol. The third-order valence-electron chi connectivity index (χ3n) is 4.56. The molecular weight excluding hydrogens is 296 g/mol. The molecule has 2 fully saturated rings.